The molecule has 1 fully saturated rings. The van der Waals surface area contributed by atoms with Crippen LogP contribution in [0.3, 0.4) is 0 Å². The van der Waals surface area contributed by atoms with E-state index in [-0.39, 0.29) is 37.5 Å². The van der Waals surface area contributed by atoms with Gasteiger partial charge in [-0.05, 0) is 83.2 Å². The largest absolute Gasteiger partial charge is 0.444 e. The number of rotatable bonds is 16. The summed E-state index contributed by atoms with van der Waals surface area (Å²) in [6, 6.07) is 11.8. The Balaban J connectivity index is 1.13. The number of benzene rings is 2. The van der Waals surface area contributed by atoms with Crippen molar-refractivity contribution in [3.63, 3.8) is 0 Å². The Kier molecular flexibility index (Phi) is 15.6. The number of carbonyl (C=O) groups excluding carboxylic acids is 4. The fourth-order valence-electron chi connectivity index (χ4n) is 5.90. The van der Waals surface area contributed by atoms with Crippen molar-refractivity contribution in [2.24, 2.45) is 12.8 Å². The van der Waals surface area contributed by atoms with E-state index in [4.69, 9.17) is 24.7 Å². The van der Waals surface area contributed by atoms with Crippen LogP contribution in [0.2, 0.25) is 0 Å². The van der Waals surface area contributed by atoms with Gasteiger partial charge in [0.15, 0.2) is 0 Å². The minimum absolute atomic E-state index is 0.107. The number of alkyl carbamates (subject to hydrolysis) is 1. The van der Waals surface area contributed by atoms with Gasteiger partial charge in [0.25, 0.3) is 0 Å². The van der Waals surface area contributed by atoms with Gasteiger partial charge in [-0.25, -0.2) is 9.59 Å². The molecule has 4 rings (SSSR count). The molecule has 4 amide bonds. The summed E-state index contributed by atoms with van der Waals surface area (Å²) in [5.41, 5.74) is 7.96. The van der Waals surface area contributed by atoms with Crippen LogP contribution in [0.15, 0.2) is 47.3 Å². The topological polar surface area (TPSA) is 182 Å². The molecule has 1 unspecified atom stereocenters. The fraction of sp³-hybridized carbons (Fsp3) is 0.488. The molecule has 55 heavy (non-hydrogen) atoms. The van der Waals surface area contributed by atoms with Gasteiger partial charge >= 0.3 is 11.8 Å². The lowest BCUT2D eigenvalue weighted by molar-refractivity contribution is -0.135. The number of unbranched alkanes of at least 4 members (excludes halogenated alkanes) is 1. The highest BCUT2D eigenvalue weighted by Gasteiger charge is 2.31. The minimum Gasteiger partial charge on any atom is -0.444 e. The third-order valence-electron chi connectivity index (χ3n) is 8.69. The van der Waals surface area contributed by atoms with E-state index in [2.05, 4.69) is 34.3 Å². The monoisotopic (exact) mass is 757 g/mol. The van der Waals surface area contributed by atoms with Crippen LogP contribution in [0.25, 0.3) is 11.0 Å². The van der Waals surface area contributed by atoms with Crippen LogP contribution < -0.4 is 22.1 Å². The van der Waals surface area contributed by atoms with Gasteiger partial charge in [0.05, 0.1) is 35.3 Å². The van der Waals surface area contributed by atoms with E-state index in [9.17, 15) is 24.0 Å². The SMILES string of the molecule is C[C@@H](OCc1ccc(C#CCOCCCCOCC#Cc2cccc3c2n(C)c(=O)n3C2CCC(=O)NC2=O)cc1)[C@H](CCC(N)=O)NC(=O)OC(C)(C)C. The molecular formula is C41H51N5O9. The van der Waals surface area contributed by atoms with Crippen LogP contribution in [0.5, 0.6) is 0 Å². The minimum atomic E-state index is -0.752. The number of hydrogen-bond acceptors (Lipinski definition) is 9. The average Bonchev–Trinajstić information content (AvgIpc) is 3.38. The molecular weight excluding hydrogens is 706 g/mol. The van der Waals surface area contributed by atoms with Crippen LogP contribution in [0.1, 0.15) is 89.0 Å². The molecule has 294 valence electrons. The molecule has 14 nitrogen and oxygen atoms in total. The second-order valence-electron chi connectivity index (χ2n) is 14.2. The maximum atomic E-state index is 13.1. The lowest BCUT2D eigenvalue weighted by Gasteiger charge is -2.27. The molecule has 0 aliphatic carbocycles. The van der Waals surface area contributed by atoms with Crippen molar-refractivity contribution >= 4 is 34.8 Å². The molecule has 2 heterocycles. The van der Waals surface area contributed by atoms with E-state index in [1.165, 1.54) is 9.13 Å². The van der Waals surface area contributed by atoms with E-state index in [0.717, 1.165) is 24.0 Å². The Hall–Kier alpha value is -5.41. The van der Waals surface area contributed by atoms with Crippen LogP contribution in [0, 0.1) is 23.7 Å². The molecule has 0 saturated carbocycles. The molecule has 0 bridgehead atoms. The van der Waals surface area contributed by atoms with Gasteiger partial charge in [-0.2, -0.15) is 0 Å². The number of primary amides is 1. The average molecular weight is 758 g/mol. The van der Waals surface area contributed by atoms with Gasteiger partial charge in [-0.3, -0.25) is 28.8 Å². The zero-order chi connectivity index (χ0) is 40.0. The number of nitrogens with two attached hydrogens (primary N) is 1. The van der Waals surface area contributed by atoms with E-state index in [1.54, 1.807) is 40.0 Å². The highest BCUT2D eigenvalue weighted by Crippen LogP contribution is 2.24. The van der Waals surface area contributed by atoms with Crippen molar-refractivity contribution in [1.29, 1.82) is 0 Å². The molecule has 3 atom stereocenters. The lowest BCUT2D eigenvalue weighted by Crippen LogP contribution is -2.45. The zero-order valence-corrected chi connectivity index (χ0v) is 32.2. The Labute approximate surface area is 321 Å². The molecule has 1 aromatic heterocycles. The summed E-state index contributed by atoms with van der Waals surface area (Å²) in [6.45, 7) is 9.04. The second-order valence-corrected chi connectivity index (χ2v) is 14.2. The van der Waals surface area contributed by atoms with Crippen LogP contribution in [0.4, 0.5) is 4.79 Å². The first-order valence-corrected chi connectivity index (χ1v) is 18.4. The van der Waals surface area contributed by atoms with Crippen molar-refractivity contribution in [3.05, 3.63) is 69.6 Å². The third kappa shape index (κ3) is 13.1. The lowest BCUT2D eigenvalue weighted by atomic mass is 10.1. The Morgan fingerprint density at radius 2 is 1.67 bits per heavy atom. The predicted octanol–water partition coefficient (Wildman–Crippen LogP) is 3.60. The first-order valence-electron chi connectivity index (χ1n) is 18.4. The van der Waals surface area contributed by atoms with E-state index in [0.29, 0.717) is 49.4 Å². The number of nitrogens with zero attached hydrogens (tertiary/aromatic N) is 2. The number of imide groups is 1. The number of nitrogens with one attached hydrogen (secondary N) is 2. The summed E-state index contributed by atoms with van der Waals surface area (Å²) < 4.78 is 25.6. The van der Waals surface area contributed by atoms with Gasteiger partial charge in [0, 0.05) is 38.7 Å². The number of fused-ring (bicyclic) bond motifs is 1. The number of carbonyl (C=O) groups is 4. The van der Waals surface area contributed by atoms with E-state index >= 15 is 0 Å². The summed E-state index contributed by atoms with van der Waals surface area (Å²) in [6.07, 6.45) is 1.49. The highest BCUT2D eigenvalue weighted by atomic mass is 16.6. The Bertz CT molecular complexity index is 2000. The standard InChI is InChI=1S/C41H51N5O9/c1-28(32(19-21-35(42)47)43-39(50)55-41(2,3)4)54-27-30-17-15-29(16-18-30)11-9-25-52-23-6-7-24-53-26-10-13-31-12-8-14-33-37(31)45(5)40(51)46(33)34-20-22-36(48)44-38(34)49/h8,12,14-18,28,32,34H,6-7,19-27H2,1-5H3,(H2,42,47)(H,43,50)(H,44,48,49)/t28-,32+,34?/m1/s1. The summed E-state index contributed by atoms with van der Waals surface area (Å²) in [4.78, 5) is 60.8. The number of aromatic nitrogens is 2. The number of aryl methyl sites for hydroxylation is 1. The number of ether oxygens (including phenoxy) is 4. The predicted molar refractivity (Wildman–Crippen MR) is 206 cm³/mol. The summed E-state index contributed by atoms with van der Waals surface area (Å²) in [5, 5.41) is 5.11. The summed E-state index contributed by atoms with van der Waals surface area (Å²) in [5.74, 6) is 10.9. The number of imidazole rings is 1. The molecule has 2 aromatic carbocycles. The van der Waals surface area contributed by atoms with Crippen LogP contribution in [-0.4, -0.2) is 77.1 Å². The Morgan fingerprint density at radius 3 is 2.31 bits per heavy atom. The third-order valence-corrected chi connectivity index (χ3v) is 8.69. The second kappa shape index (κ2) is 20.3. The number of hydrogen-bond donors (Lipinski definition) is 3. The van der Waals surface area contributed by atoms with Crippen molar-refractivity contribution in [2.45, 2.75) is 96.6 Å². The van der Waals surface area contributed by atoms with Gasteiger partial charge in [-0.15, -0.1) is 0 Å². The number of piperidine rings is 1. The van der Waals surface area contributed by atoms with Crippen LogP contribution in [-0.2, 0) is 47.0 Å². The Morgan fingerprint density at radius 1 is 1.00 bits per heavy atom. The first-order chi connectivity index (χ1) is 26.2. The maximum absolute atomic E-state index is 13.1. The quantitative estimate of drug-likeness (QED) is 0.112. The van der Waals surface area contributed by atoms with Crippen LogP contribution >= 0.6 is 0 Å². The molecule has 1 aliphatic heterocycles. The van der Waals surface area contributed by atoms with Crippen molar-refractivity contribution in [3.8, 4) is 23.7 Å². The van der Waals surface area contributed by atoms with Crippen molar-refractivity contribution in [1.82, 2.24) is 19.8 Å². The van der Waals surface area contributed by atoms with Gasteiger partial charge in [0.2, 0.25) is 17.7 Å². The van der Waals surface area contributed by atoms with E-state index < -0.39 is 41.7 Å². The normalized spacial score (nSPS) is 15.3. The number of amides is 4. The summed E-state index contributed by atoms with van der Waals surface area (Å²) >= 11 is 0. The number of para-hydroxylation sites is 1. The molecule has 3 aromatic rings. The van der Waals surface area contributed by atoms with Crippen molar-refractivity contribution < 1.29 is 38.1 Å². The van der Waals surface area contributed by atoms with E-state index in [1.807, 2.05) is 37.3 Å². The molecule has 0 radical (unpaired) electrons. The zero-order valence-electron chi connectivity index (χ0n) is 32.2. The van der Waals surface area contributed by atoms with Crippen molar-refractivity contribution in [2.75, 3.05) is 26.4 Å². The maximum Gasteiger partial charge on any atom is 0.407 e. The van der Waals surface area contributed by atoms with Gasteiger partial charge in [0.1, 0.15) is 24.9 Å². The summed E-state index contributed by atoms with van der Waals surface area (Å²) in [7, 11) is 1.64. The molecule has 1 saturated heterocycles. The smallest absolute Gasteiger partial charge is 0.407 e. The van der Waals surface area contributed by atoms with Gasteiger partial charge in [-0.1, -0.05) is 41.9 Å². The molecule has 14 heteroatoms. The molecule has 4 N–H and O–H groups in total. The fourth-order valence-corrected chi connectivity index (χ4v) is 5.90. The highest BCUT2D eigenvalue weighted by molar-refractivity contribution is 6.00. The molecule has 0 spiro atoms. The van der Waals surface area contributed by atoms with Gasteiger partial charge < -0.3 is 30.0 Å². The first kappa shape index (κ1) is 42.3. The molecule has 1 aliphatic rings.